The second kappa shape index (κ2) is 10.6. The molecule has 140 valence electrons. The number of hydrogen-bond donors (Lipinski definition) is 2. The highest BCUT2D eigenvalue weighted by atomic mass is 19.1. The number of rotatable bonds is 11. The van der Waals surface area contributed by atoms with Gasteiger partial charge in [0.2, 0.25) is 0 Å². The molecule has 0 amide bonds. The molecule has 0 unspecified atom stereocenters. The van der Waals surface area contributed by atoms with E-state index in [0.29, 0.717) is 12.2 Å². The van der Waals surface area contributed by atoms with Gasteiger partial charge in [-0.05, 0) is 36.1 Å². The smallest absolute Gasteiger partial charge is 0.340 e. The Kier molecular flexibility index (Phi) is 8.13. The van der Waals surface area contributed by atoms with E-state index < -0.39 is 11.8 Å². The molecule has 0 heterocycles. The standard InChI is InChI=1S/C22H28FNO2/c1-2-3-4-5-6-7-9-17-12-14-18(15-13-17)16-24-20-11-8-10-19(23)21(20)22(25)26/h8,10-15,24H,2-7,9,16H2,1H3,(H,25,26). The first-order valence-corrected chi connectivity index (χ1v) is 9.45. The number of halogens is 1. The first-order valence-electron chi connectivity index (χ1n) is 9.45. The van der Waals surface area contributed by atoms with Crippen LogP contribution in [0.2, 0.25) is 0 Å². The Labute approximate surface area is 155 Å². The van der Waals surface area contributed by atoms with Gasteiger partial charge in [-0.25, -0.2) is 9.18 Å². The highest BCUT2D eigenvalue weighted by Gasteiger charge is 2.15. The molecule has 4 heteroatoms. The highest BCUT2D eigenvalue weighted by molar-refractivity contribution is 5.94. The summed E-state index contributed by atoms with van der Waals surface area (Å²) in [6.07, 6.45) is 8.84. The molecule has 2 N–H and O–H groups in total. The maximum Gasteiger partial charge on any atom is 0.340 e. The van der Waals surface area contributed by atoms with Gasteiger partial charge in [0.05, 0.1) is 5.69 Å². The number of aromatic carboxylic acids is 1. The van der Waals surface area contributed by atoms with Crippen molar-refractivity contribution in [2.45, 2.75) is 58.4 Å². The summed E-state index contributed by atoms with van der Waals surface area (Å²) in [5, 5.41) is 12.2. The van der Waals surface area contributed by atoms with Crippen molar-refractivity contribution in [1.82, 2.24) is 0 Å². The Morgan fingerprint density at radius 3 is 2.31 bits per heavy atom. The number of aryl methyl sites for hydroxylation is 1. The number of anilines is 1. The van der Waals surface area contributed by atoms with Crippen LogP contribution in [0.5, 0.6) is 0 Å². The van der Waals surface area contributed by atoms with Gasteiger partial charge in [0.15, 0.2) is 0 Å². The Balaban J connectivity index is 1.83. The third kappa shape index (κ3) is 6.17. The number of carboxylic acid groups (broad SMARTS) is 1. The van der Waals surface area contributed by atoms with Crippen LogP contribution < -0.4 is 5.32 Å². The zero-order valence-corrected chi connectivity index (χ0v) is 15.4. The summed E-state index contributed by atoms with van der Waals surface area (Å²) in [4.78, 5) is 11.2. The average molecular weight is 357 g/mol. The van der Waals surface area contributed by atoms with Gasteiger partial charge in [-0.3, -0.25) is 0 Å². The van der Waals surface area contributed by atoms with Crippen molar-refractivity contribution >= 4 is 11.7 Å². The normalized spacial score (nSPS) is 10.7. The van der Waals surface area contributed by atoms with Gasteiger partial charge in [0, 0.05) is 6.54 Å². The molecule has 0 spiro atoms. The SMILES string of the molecule is CCCCCCCCc1ccc(CNc2cccc(F)c2C(=O)O)cc1. The molecule has 0 saturated carbocycles. The zero-order valence-electron chi connectivity index (χ0n) is 15.4. The van der Waals surface area contributed by atoms with Crippen LogP contribution >= 0.6 is 0 Å². The molecule has 0 bridgehead atoms. The maximum absolute atomic E-state index is 13.7. The Hall–Kier alpha value is -2.36. The number of nitrogens with one attached hydrogen (secondary N) is 1. The first kappa shape index (κ1) is 20.0. The van der Waals surface area contributed by atoms with Gasteiger partial charge < -0.3 is 10.4 Å². The molecule has 0 aromatic heterocycles. The van der Waals surface area contributed by atoms with Crippen LogP contribution in [0.4, 0.5) is 10.1 Å². The third-order valence-electron chi connectivity index (χ3n) is 4.55. The van der Waals surface area contributed by atoms with Gasteiger partial charge in [-0.15, -0.1) is 0 Å². The fraction of sp³-hybridized carbons (Fsp3) is 0.409. The molecule has 2 rings (SSSR count). The summed E-state index contributed by atoms with van der Waals surface area (Å²) in [5.74, 6) is -1.99. The number of hydrogen-bond acceptors (Lipinski definition) is 2. The minimum atomic E-state index is -1.26. The van der Waals surface area contributed by atoms with Gasteiger partial charge >= 0.3 is 5.97 Å². The Bertz CT molecular complexity index is 698. The summed E-state index contributed by atoms with van der Waals surface area (Å²) in [6, 6.07) is 12.6. The van der Waals surface area contributed by atoms with Crippen molar-refractivity contribution in [1.29, 1.82) is 0 Å². The fourth-order valence-corrected chi connectivity index (χ4v) is 3.02. The maximum atomic E-state index is 13.7. The Morgan fingerprint density at radius 2 is 1.62 bits per heavy atom. The molecule has 0 aliphatic carbocycles. The molecular formula is C22H28FNO2. The second-order valence-corrected chi connectivity index (χ2v) is 6.66. The summed E-state index contributed by atoms with van der Waals surface area (Å²) >= 11 is 0. The molecular weight excluding hydrogens is 329 g/mol. The van der Waals surface area contributed by atoms with E-state index in [1.807, 2.05) is 12.1 Å². The lowest BCUT2D eigenvalue weighted by Crippen LogP contribution is -2.08. The van der Waals surface area contributed by atoms with E-state index in [1.54, 1.807) is 6.07 Å². The highest BCUT2D eigenvalue weighted by Crippen LogP contribution is 2.20. The monoisotopic (exact) mass is 357 g/mol. The van der Waals surface area contributed by atoms with E-state index in [1.165, 1.54) is 50.2 Å². The molecule has 2 aromatic rings. The average Bonchev–Trinajstić information content (AvgIpc) is 2.63. The molecule has 2 aromatic carbocycles. The lowest BCUT2D eigenvalue weighted by atomic mass is 10.0. The Morgan fingerprint density at radius 1 is 0.962 bits per heavy atom. The van der Waals surface area contributed by atoms with E-state index in [4.69, 9.17) is 5.11 Å². The minimum Gasteiger partial charge on any atom is -0.478 e. The zero-order chi connectivity index (χ0) is 18.8. The molecule has 0 atom stereocenters. The van der Waals surface area contributed by atoms with Crippen LogP contribution in [-0.2, 0) is 13.0 Å². The topological polar surface area (TPSA) is 49.3 Å². The van der Waals surface area contributed by atoms with Crippen LogP contribution in [0, 0.1) is 5.82 Å². The molecule has 0 aliphatic rings. The molecule has 0 fully saturated rings. The predicted octanol–water partition coefficient (Wildman–Crippen LogP) is 6.04. The molecule has 0 saturated heterocycles. The van der Waals surface area contributed by atoms with Gasteiger partial charge in [-0.2, -0.15) is 0 Å². The lowest BCUT2D eigenvalue weighted by Gasteiger charge is -2.11. The number of unbranched alkanes of at least 4 members (excludes halogenated alkanes) is 5. The second-order valence-electron chi connectivity index (χ2n) is 6.66. The van der Waals surface area contributed by atoms with Crippen molar-refractivity contribution in [2.75, 3.05) is 5.32 Å². The molecule has 3 nitrogen and oxygen atoms in total. The predicted molar refractivity (Wildman–Crippen MR) is 104 cm³/mol. The molecule has 0 radical (unpaired) electrons. The van der Waals surface area contributed by atoms with E-state index in [2.05, 4.69) is 24.4 Å². The van der Waals surface area contributed by atoms with Crippen molar-refractivity contribution in [3.8, 4) is 0 Å². The van der Waals surface area contributed by atoms with E-state index in [-0.39, 0.29) is 5.56 Å². The molecule has 0 aliphatic heterocycles. The summed E-state index contributed by atoms with van der Waals surface area (Å²) in [7, 11) is 0. The molecule has 26 heavy (non-hydrogen) atoms. The van der Waals surface area contributed by atoms with Crippen molar-refractivity contribution in [2.24, 2.45) is 0 Å². The first-order chi connectivity index (χ1) is 12.6. The van der Waals surface area contributed by atoms with Crippen molar-refractivity contribution in [3.05, 3.63) is 65.0 Å². The summed E-state index contributed by atoms with van der Waals surface area (Å²) in [5.41, 5.74) is 2.35. The number of benzene rings is 2. The van der Waals surface area contributed by atoms with E-state index >= 15 is 0 Å². The van der Waals surface area contributed by atoms with Crippen LogP contribution in [0.15, 0.2) is 42.5 Å². The van der Waals surface area contributed by atoms with Crippen molar-refractivity contribution in [3.63, 3.8) is 0 Å². The quantitative estimate of drug-likeness (QED) is 0.482. The fourth-order valence-electron chi connectivity index (χ4n) is 3.02. The third-order valence-corrected chi connectivity index (χ3v) is 4.55. The van der Waals surface area contributed by atoms with Crippen molar-refractivity contribution < 1.29 is 14.3 Å². The minimum absolute atomic E-state index is 0.300. The largest absolute Gasteiger partial charge is 0.478 e. The summed E-state index contributed by atoms with van der Waals surface area (Å²) in [6.45, 7) is 2.69. The summed E-state index contributed by atoms with van der Waals surface area (Å²) < 4.78 is 13.7. The lowest BCUT2D eigenvalue weighted by molar-refractivity contribution is 0.0693. The van der Waals surface area contributed by atoms with Crippen LogP contribution in [0.1, 0.15) is 66.9 Å². The van der Waals surface area contributed by atoms with Gasteiger partial charge in [0.1, 0.15) is 11.4 Å². The number of carbonyl (C=O) groups is 1. The van der Waals surface area contributed by atoms with Crippen LogP contribution in [0.3, 0.4) is 0 Å². The van der Waals surface area contributed by atoms with Crippen LogP contribution in [-0.4, -0.2) is 11.1 Å². The van der Waals surface area contributed by atoms with Gasteiger partial charge in [0.25, 0.3) is 0 Å². The van der Waals surface area contributed by atoms with E-state index in [0.717, 1.165) is 18.1 Å². The van der Waals surface area contributed by atoms with Crippen LogP contribution in [0.25, 0.3) is 0 Å². The van der Waals surface area contributed by atoms with Gasteiger partial charge in [-0.1, -0.05) is 69.4 Å². The number of carboxylic acids is 1. The van der Waals surface area contributed by atoms with E-state index in [9.17, 15) is 9.18 Å².